The molecule has 2 N–H and O–H groups in total. The summed E-state index contributed by atoms with van der Waals surface area (Å²) in [4.78, 5) is 11.6. The molecule has 1 aromatic carbocycles. The number of benzene rings is 1. The lowest BCUT2D eigenvalue weighted by Gasteiger charge is -2.04. The fourth-order valence-corrected chi connectivity index (χ4v) is 2.04. The third kappa shape index (κ3) is 4.84. The number of anilines is 2. The molecule has 0 aliphatic rings. The van der Waals surface area contributed by atoms with E-state index in [2.05, 4.69) is 20.8 Å². The zero-order chi connectivity index (χ0) is 12.8. The highest BCUT2D eigenvalue weighted by Gasteiger charge is 2.06. The zero-order valence-electron chi connectivity index (χ0n) is 10.4. The summed E-state index contributed by atoms with van der Waals surface area (Å²) >= 11 is 1.40. The lowest BCUT2D eigenvalue weighted by atomic mass is 10.3. The standard InChI is InChI=1S/C12H14N4OS.ClH/c1-2-11-15-16-12(18-11)14-10(17)8-13-9-6-4-3-5-7-9;/h3-7,13H,2,8H2,1H3,(H,14,16,17);1H. The van der Waals surface area contributed by atoms with Crippen molar-refractivity contribution in [2.45, 2.75) is 13.3 Å². The summed E-state index contributed by atoms with van der Waals surface area (Å²) in [6.07, 6.45) is 0.829. The molecule has 7 heteroatoms. The molecule has 0 radical (unpaired) electrons. The van der Waals surface area contributed by atoms with Gasteiger partial charge in [-0.1, -0.05) is 36.5 Å². The molecule has 2 rings (SSSR count). The van der Waals surface area contributed by atoms with E-state index in [0.717, 1.165) is 17.1 Å². The minimum atomic E-state index is -0.127. The van der Waals surface area contributed by atoms with Crippen LogP contribution in [0, 0.1) is 0 Å². The molecule has 0 aliphatic carbocycles. The van der Waals surface area contributed by atoms with Crippen LogP contribution in [0.25, 0.3) is 0 Å². The van der Waals surface area contributed by atoms with E-state index in [4.69, 9.17) is 0 Å². The van der Waals surface area contributed by atoms with Crippen LogP contribution in [-0.4, -0.2) is 22.6 Å². The average molecular weight is 299 g/mol. The van der Waals surface area contributed by atoms with Crippen LogP contribution in [0.5, 0.6) is 0 Å². The Bertz CT molecular complexity index is 517. The summed E-state index contributed by atoms with van der Waals surface area (Å²) in [7, 11) is 0. The first kappa shape index (κ1) is 15.4. The minimum Gasteiger partial charge on any atom is -0.376 e. The van der Waals surface area contributed by atoms with Gasteiger partial charge >= 0.3 is 0 Å². The summed E-state index contributed by atoms with van der Waals surface area (Å²) in [5, 5.41) is 15.0. The van der Waals surface area contributed by atoms with Crippen LogP contribution in [0.15, 0.2) is 30.3 Å². The van der Waals surface area contributed by atoms with Gasteiger partial charge in [0, 0.05) is 5.69 Å². The molecule has 5 nitrogen and oxygen atoms in total. The number of aromatic nitrogens is 2. The predicted molar refractivity (Wildman–Crippen MR) is 80.1 cm³/mol. The maximum atomic E-state index is 11.6. The number of nitrogens with one attached hydrogen (secondary N) is 2. The summed E-state index contributed by atoms with van der Waals surface area (Å²) in [5.41, 5.74) is 0.916. The van der Waals surface area contributed by atoms with Gasteiger partial charge in [0.05, 0.1) is 6.54 Å². The number of hydrogen-bond donors (Lipinski definition) is 2. The topological polar surface area (TPSA) is 66.9 Å². The molecule has 1 heterocycles. The minimum absolute atomic E-state index is 0. The Morgan fingerprint density at radius 2 is 2.00 bits per heavy atom. The molecule has 2 aromatic rings. The SMILES string of the molecule is CCc1nnc(NC(=O)CNc2ccccc2)s1.Cl. The van der Waals surface area contributed by atoms with E-state index in [0.29, 0.717) is 5.13 Å². The van der Waals surface area contributed by atoms with E-state index in [1.54, 1.807) is 0 Å². The number of para-hydroxylation sites is 1. The van der Waals surface area contributed by atoms with E-state index >= 15 is 0 Å². The second-order valence-electron chi connectivity index (χ2n) is 3.62. The highest BCUT2D eigenvalue weighted by atomic mass is 35.5. The van der Waals surface area contributed by atoms with Crippen molar-refractivity contribution in [3.63, 3.8) is 0 Å². The fraction of sp³-hybridized carbons (Fsp3) is 0.250. The first-order valence-electron chi connectivity index (χ1n) is 5.69. The summed E-state index contributed by atoms with van der Waals surface area (Å²) < 4.78 is 0. The first-order valence-corrected chi connectivity index (χ1v) is 6.50. The number of carbonyl (C=O) groups excluding carboxylic acids is 1. The number of hydrogen-bond acceptors (Lipinski definition) is 5. The lowest BCUT2D eigenvalue weighted by Crippen LogP contribution is -2.21. The number of rotatable bonds is 5. The van der Waals surface area contributed by atoms with Gasteiger partial charge in [0.25, 0.3) is 0 Å². The number of nitrogens with zero attached hydrogens (tertiary/aromatic N) is 2. The van der Waals surface area contributed by atoms with Crippen LogP contribution in [0.1, 0.15) is 11.9 Å². The van der Waals surface area contributed by atoms with Crippen molar-refractivity contribution in [3.05, 3.63) is 35.3 Å². The third-order valence-electron chi connectivity index (χ3n) is 2.24. The van der Waals surface area contributed by atoms with Crippen molar-refractivity contribution in [2.24, 2.45) is 0 Å². The summed E-state index contributed by atoms with van der Waals surface area (Å²) in [6.45, 7) is 2.22. The fourth-order valence-electron chi connectivity index (χ4n) is 1.35. The van der Waals surface area contributed by atoms with E-state index in [1.807, 2.05) is 37.3 Å². The van der Waals surface area contributed by atoms with Gasteiger partial charge in [-0.05, 0) is 18.6 Å². The molecule has 0 saturated carbocycles. The van der Waals surface area contributed by atoms with Crippen LogP contribution >= 0.6 is 23.7 Å². The molecule has 102 valence electrons. The van der Waals surface area contributed by atoms with Crippen molar-refractivity contribution in [3.8, 4) is 0 Å². The van der Waals surface area contributed by atoms with Crippen molar-refractivity contribution in [1.29, 1.82) is 0 Å². The molecule has 1 aromatic heterocycles. The van der Waals surface area contributed by atoms with Gasteiger partial charge in [0.2, 0.25) is 11.0 Å². The van der Waals surface area contributed by atoms with Gasteiger partial charge in [-0.15, -0.1) is 22.6 Å². The Balaban J connectivity index is 0.00000180. The molecule has 0 bridgehead atoms. The van der Waals surface area contributed by atoms with E-state index < -0.39 is 0 Å². The molecule has 0 unspecified atom stereocenters. The molecule has 19 heavy (non-hydrogen) atoms. The van der Waals surface area contributed by atoms with Crippen molar-refractivity contribution in [1.82, 2.24) is 10.2 Å². The van der Waals surface area contributed by atoms with Gasteiger partial charge in [-0.3, -0.25) is 10.1 Å². The maximum absolute atomic E-state index is 11.6. The van der Waals surface area contributed by atoms with Gasteiger partial charge in [-0.25, -0.2) is 0 Å². The second-order valence-corrected chi connectivity index (χ2v) is 4.68. The van der Waals surface area contributed by atoms with Gasteiger partial charge in [0.15, 0.2) is 0 Å². The summed E-state index contributed by atoms with van der Waals surface area (Å²) in [6, 6.07) is 9.58. The largest absolute Gasteiger partial charge is 0.376 e. The molecule has 0 aliphatic heterocycles. The monoisotopic (exact) mass is 298 g/mol. The van der Waals surface area contributed by atoms with Crippen LogP contribution < -0.4 is 10.6 Å². The van der Waals surface area contributed by atoms with E-state index in [-0.39, 0.29) is 24.9 Å². The Morgan fingerprint density at radius 1 is 1.26 bits per heavy atom. The third-order valence-corrected chi connectivity index (χ3v) is 3.23. The normalized spacial score (nSPS) is 9.53. The summed E-state index contributed by atoms with van der Waals surface area (Å²) in [5.74, 6) is -0.127. The van der Waals surface area contributed by atoms with Crippen LogP contribution in [0.4, 0.5) is 10.8 Å². The Hall–Kier alpha value is -1.66. The van der Waals surface area contributed by atoms with Gasteiger partial charge in [-0.2, -0.15) is 0 Å². The van der Waals surface area contributed by atoms with Gasteiger partial charge < -0.3 is 5.32 Å². The molecule has 0 atom stereocenters. The molecule has 0 saturated heterocycles. The zero-order valence-corrected chi connectivity index (χ0v) is 12.1. The number of halogens is 1. The quantitative estimate of drug-likeness (QED) is 0.890. The smallest absolute Gasteiger partial charge is 0.245 e. The highest BCUT2D eigenvalue weighted by molar-refractivity contribution is 7.15. The lowest BCUT2D eigenvalue weighted by molar-refractivity contribution is -0.114. The number of carbonyl (C=O) groups is 1. The van der Waals surface area contributed by atoms with Gasteiger partial charge in [0.1, 0.15) is 5.01 Å². The van der Waals surface area contributed by atoms with Crippen molar-refractivity contribution in [2.75, 3.05) is 17.2 Å². The van der Waals surface area contributed by atoms with Crippen molar-refractivity contribution >= 4 is 40.5 Å². The Morgan fingerprint density at radius 3 is 2.63 bits per heavy atom. The molecule has 0 fully saturated rings. The highest BCUT2D eigenvalue weighted by Crippen LogP contribution is 2.15. The number of amides is 1. The molecular weight excluding hydrogens is 284 g/mol. The second kappa shape index (κ2) is 7.70. The first-order chi connectivity index (χ1) is 8.78. The van der Waals surface area contributed by atoms with E-state index in [1.165, 1.54) is 11.3 Å². The molecular formula is C12H15ClN4OS. The Kier molecular flexibility index (Phi) is 6.24. The maximum Gasteiger partial charge on any atom is 0.245 e. The van der Waals surface area contributed by atoms with Crippen molar-refractivity contribution < 1.29 is 4.79 Å². The van der Waals surface area contributed by atoms with Crippen LogP contribution in [-0.2, 0) is 11.2 Å². The average Bonchev–Trinajstić information content (AvgIpc) is 2.85. The Labute approximate surface area is 121 Å². The van der Waals surface area contributed by atoms with E-state index in [9.17, 15) is 4.79 Å². The predicted octanol–water partition coefficient (Wildman–Crippen LogP) is 2.57. The van der Waals surface area contributed by atoms with Crippen LogP contribution in [0.3, 0.4) is 0 Å². The number of aryl methyl sites for hydroxylation is 1. The van der Waals surface area contributed by atoms with Crippen LogP contribution in [0.2, 0.25) is 0 Å². The molecule has 1 amide bonds. The molecule has 0 spiro atoms.